The molecule has 0 amide bonds. The molecule has 0 spiro atoms. The van der Waals surface area contributed by atoms with E-state index in [1.165, 1.54) is 6.42 Å². The topological polar surface area (TPSA) is 22.1 Å². The summed E-state index contributed by atoms with van der Waals surface area (Å²) in [5, 5.41) is 1.07. The fourth-order valence-electron chi connectivity index (χ4n) is 1.91. The number of pyridine rings is 1. The quantitative estimate of drug-likeness (QED) is 0.776. The third kappa shape index (κ3) is 2.76. The summed E-state index contributed by atoms with van der Waals surface area (Å²) in [7, 11) is 0. The van der Waals surface area contributed by atoms with E-state index >= 15 is 0 Å². The van der Waals surface area contributed by atoms with Gasteiger partial charge >= 0.3 is 0 Å². The zero-order valence-corrected chi connectivity index (χ0v) is 10.3. The first kappa shape index (κ1) is 11.9. The van der Waals surface area contributed by atoms with Crippen molar-refractivity contribution in [1.29, 1.82) is 0 Å². The van der Waals surface area contributed by atoms with Gasteiger partial charge in [-0.15, -0.1) is 0 Å². The first-order chi connectivity index (χ1) is 8.35. The molecular weight excluding hydrogens is 210 g/mol. The molecule has 2 rings (SSSR count). The van der Waals surface area contributed by atoms with Gasteiger partial charge in [-0.05, 0) is 31.9 Å². The zero-order chi connectivity index (χ0) is 12.1. The number of aromatic nitrogens is 1. The molecule has 1 aromatic heterocycles. The number of hydrogen-bond donors (Lipinski definition) is 0. The van der Waals surface area contributed by atoms with Gasteiger partial charge in [-0.2, -0.15) is 0 Å². The van der Waals surface area contributed by atoms with Gasteiger partial charge in [0.1, 0.15) is 5.75 Å². The molecule has 0 aliphatic carbocycles. The van der Waals surface area contributed by atoms with Crippen LogP contribution in [-0.2, 0) is 6.42 Å². The lowest BCUT2D eigenvalue weighted by atomic mass is 10.1. The van der Waals surface area contributed by atoms with Gasteiger partial charge in [0.05, 0.1) is 12.1 Å². The Labute approximate surface area is 103 Å². The van der Waals surface area contributed by atoms with Crippen LogP contribution in [0.2, 0.25) is 0 Å². The van der Waals surface area contributed by atoms with Crippen LogP contribution in [0.15, 0.2) is 30.3 Å². The number of benzene rings is 1. The molecule has 0 saturated carbocycles. The van der Waals surface area contributed by atoms with Crippen molar-refractivity contribution in [2.75, 3.05) is 6.61 Å². The van der Waals surface area contributed by atoms with E-state index in [1.807, 2.05) is 30.3 Å². The van der Waals surface area contributed by atoms with Crippen LogP contribution in [0.5, 0.6) is 5.75 Å². The summed E-state index contributed by atoms with van der Waals surface area (Å²) >= 11 is 0. The highest BCUT2D eigenvalue weighted by Crippen LogP contribution is 2.25. The Balaban J connectivity index is 2.43. The van der Waals surface area contributed by atoms with Crippen molar-refractivity contribution in [3.05, 3.63) is 42.9 Å². The minimum absolute atomic E-state index is 0.446. The predicted octanol–water partition coefficient (Wildman–Crippen LogP) is 3.79. The number of rotatable bonds is 5. The van der Waals surface area contributed by atoms with Gasteiger partial charge in [-0.1, -0.05) is 25.5 Å². The van der Waals surface area contributed by atoms with Crippen LogP contribution in [0.25, 0.3) is 10.9 Å². The van der Waals surface area contributed by atoms with E-state index in [0.717, 1.165) is 35.2 Å². The highest BCUT2D eigenvalue weighted by atomic mass is 16.5. The minimum Gasteiger partial charge on any atom is -0.493 e. The molecule has 1 heterocycles. The van der Waals surface area contributed by atoms with Crippen molar-refractivity contribution in [2.24, 2.45) is 0 Å². The van der Waals surface area contributed by atoms with Crippen LogP contribution >= 0.6 is 0 Å². The van der Waals surface area contributed by atoms with Crippen LogP contribution in [0, 0.1) is 6.92 Å². The Kier molecular flexibility index (Phi) is 3.97. The molecule has 0 bridgehead atoms. The summed E-state index contributed by atoms with van der Waals surface area (Å²) in [6.07, 6.45) is 3.35. The average Bonchev–Trinajstić information content (AvgIpc) is 2.37. The molecule has 0 saturated heterocycles. The van der Waals surface area contributed by atoms with E-state index in [4.69, 9.17) is 4.74 Å². The number of para-hydroxylation sites is 1. The lowest BCUT2D eigenvalue weighted by molar-refractivity contribution is 0.364. The van der Waals surface area contributed by atoms with Crippen LogP contribution in [0.3, 0.4) is 0 Å². The third-order valence-corrected chi connectivity index (χ3v) is 2.78. The Bertz CT molecular complexity index is 493. The zero-order valence-electron chi connectivity index (χ0n) is 10.3. The summed E-state index contributed by atoms with van der Waals surface area (Å²) in [4.78, 5) is 4.66. The number of unbranched alkanes of at least 4 members (excludes halogenated alkanes) is 1. The van der Waals surface area contributed by atoms with Crippen LogP contribution in [0.4, 0.5) is 0 Å². The number of nitrogens with zero attached hydrogens (tertiary/aromatic N) is 1. The molecule has 0 fully saturated rings. The fourth-order valence-corrected chi connectivity index (χ4v) is 1.91. The van der Waals surface area contributed by atoms with Crippen LogP contribution < -0.4 is 4.74 Å². The van der Waals surface area contributed by atoms with Crippen molar-refractivity contribution in [3.63, 3.8) is 0 Å². The number of ether oxygens (including phenoxy) is 1. The van der Waals surface area contributed by atoms with Gasteiger partial charge in [0, 0.05) is 17.1 Å². The Morgan fingerprint density at radius 3 is 2.88 bits per heavy atom. The van der Waals surface area contributed by atoms with Gasteiger partial charge in [0.2, 0.25) is 0 Å². The molecular formula is C15H18NO. The van der Waals surface area contributed by atoms with E-state index in [2.05, 4.69) is 18.8 Å². The standard InChI is InChI=1S/C15H18NO/c1-3-5-8-12-11-15(17-4-2)13-9-6-7-10-14(13)16-12/h6-7,9-11H,2-5,8H2,1H3. The highest BCUT2D eigenvalue weighted by Gasteiger charge is 2.05. The molecule has 0 N–H and O–H groups in total. The summed E-state index contributed by atoms with van der Waals surface area (Å²) in [5.41, 5.74) is 2.11. The number of fused-ring (bicyclic) bond motifs is 1. The van der Waals surface area contributed by atoms with Crippen molar-refractivity contribution >= 4 is 10.9 Å². The summed E-state index contributed by atoms with van der Waals surface area (Å²) in [6.45, 7) is 6.37. The Morgan fingerprint density at radius 1 is 1.29 bits per heavy atom. The van der Waals surface area contributed by atoms with Crippen molar-refractivity contribution < 1.29 is 4.74 Å². The number of hydrogen-bond acceptors (Lipinski definition) is 2. The van der Waals surface area contributed by atoms with Crippen LogP contribution in [0.1, 0.15) is 25.5 Å². The number of aryl methyl sites for hydroxylation is 1. The van der Waals surface area contributed by atoms with Gasteiger partial charge < -0.3 is 4.74 Å². The predicted molar refractivity (Wildman–Crippen MR) is 71.2 cm³/mol. The Morgan fingerprint density at radius 2 is 2.12 bits per heavy atom. The lowest BCUT2D eigenvalue weighted by Gasteiger charge is -2.09. The molecule has 17 heavy (non-hydrogen) atoms. The van der Waals surface area contributed by atoms with Gasteiger partial charge in [0.25, 0.3) is 0 Å². The second-order valence-corrected chi connectivity index (χ2v) is 4.08. The van der Waals surface area contributed by atoms with E-state index in [-0.39, 0.29) is 0 Å². The third-order valence-electron chi connectivity index (χ3n) is 2.78. The van der Waals surface area contributed by atoms with Gasteiger partial charge in [0.15, 0.2) is 0 Å². The maximum absolute atomic E-state index is 5.59. The molecule has 1 radical (unpaired) electrons. The molecule has 2 aromatic rings. The molecule has 0 aliphatic heterocycles. The van der Waals surface area contributed by atoms with Gasteiger partial charge in [-0.25, -0.2) is 0 Å². The molecule has 2 heteroatoms. The van der Waals surface area contributed by atoms with E-state index < -0.39 is 0 Å². The first-order valence-electron chi connectivity index (χ1n) is 6.16. The van der Waals surface area contributed by atoms with Crippen molar-refractivity contribution in [1.82, 2.24) is 4.98 Å². The molecule has 2 nitrogen and oxygen atoms in total. The average molecular weight is 228 g/mol. The monoisotopic (exact) mass is 228 g/mol. The minimum atomic E-state index is 0.446. The van der Waals surface area contributed by atoms with Crippen molar-refractivity contribution in [3.8, 4) is 5.75 Å². The summed E-state index contributed by atoms with van der Waals surface area (Å²) in [6, 6.07) is 10.1. The smallest absolute Gasteiger partial charge is 0.130 e. The van der Waals surface area contributed by atoms with Crippen molar-refractivity contribution in [2.45, 2.75) is 26.2 Å². The fraction of sp³-hybridized carbons (Fsp3) is 0.333. The molecule has 89 valence electrons. The van der Waals surface area contributed by atoms with Gasteiger partial charge in [-0.3, -0.25) is 4.98 Å². The SMILES string of the molecule is [CH2]COc1cc(CCCC)nc2ccccc12. The molecule has 0 unspecified atom stereocenters. The van der Waals surface area contributed by atoms with E-state index in [1.54, 1.807) is 0 Å². The highest BCUT2D eigenvalue weighted by molar-refractivity contribution is 5.85. The Hall–Kier alpha value is -1.57. The normalized spacial score (nSPS) is 10.7. The van der Waals surface area contributed by atoms with E-state index in [9.17, 15) is 0 Å². The molecule has 0 aliphatic rings. The van der Waals surface area contributed by atoms with E-state index in [0.29, 0.717) is 6.61 Å². The summed E-state index contributed by atoms with van der Waals surface area (Å²) < 4.78 is 5.59. The second-order valence-electron chi connectivity index (χ2n) is 4.08. The molecule has 0 atom stereocenters. The largest absolute Gasteiger partial charge is 0.493 e. The lowest BCUT2D eigenvalue weighted by Crippen LogP contribution is -1.97. The van der Waals surface area contributed by atoms with Crippen LogP contribution in [-0.4, -0.2) is 11.6 Å². The second kappa shape index (κ2) is 5.67. The maximum Gasteiger partial charge on any atom is 0.130 e. The maximum atomic E-state index is 5.59. The molecule has 1 aromatic carbocycles. The first-order valence-corrected chi connectivity index (χ1v) is 6.16. The summed E-state index contributed by atoms with van der Waals surface area (Å²) in [5.74, 6) is 0.900.